The second-order valence-corrected chi connectivity index (χ2v) is 7.17. The molecule has 4 aromatic rings. The molecule has 30 heavy (non-hydrogen) atoms. The Morgan fingerprint density at radius 2 is 2.03 bits per heavy atom. The zero-order chi connectivity index (χ0) is 20.9. The highest BCUT2D eigenvalue weighted by Crippen LogP contribution is 2.31. The summed E-state index contributed by atoms with van der Waals surface area (Å²) in [7, 11) is 1.65. The zero-order valence-corrected chi connectivity index (χ0v) is 17.1. The van der Waals surface area contributed by atoms with E-state index in [1.165, 1.54) is 0 Å². The highest BCUT2D eigenvalue weighted by Gasteiger charge is 2.11. The van der Waals surface area contributed by atoms with E-state index in [4.69, 9.17) is 9.72 Å². The van der Waals surface area contributed by atoms with Gasteiger partial charge in [-0.2, -0.15) is 0 Å². The fourth-order valence-corrected chi connectivity index (χ4v) is 3.45. The molecule has 6 heteroatoms. The van der Waals surface area contributed by atoms with E-state index in [1.807, 2.05) is 53.2 Å². The van der Waals surface area contributed by atoms with Crippen LogP contribution in [0.3, 0.4) is 0 Å². The largest absolute Gasteiger partial charge is 0.491 e. The number of imidazole rings is 1. The van der Waals surface area contributed by atoms with Crippen molar-refractivity contribution in [3.05, 3.63) is 78.4 Å². The Balaban J connectivity index is 1.61. The quantitative estimate of drug-likeness (QED) is 0.513. The van der Waals surface area contributed by atoms with Gasteiger partial charge in [-0.1, -0.05) is 18.2 Å². The van der Waals surface area contributed by atoms with Gasteiger partial charge in [0.15, 0.2) is 0 Å². The van der Waals surface area contributed by atoms with Crippen LogP contribution in [0.5, 0.6) is 5.75 Å². The number of benzene rings is 2. The Hall–Kier alpha value is -3.67. The van der Waals surface area contributed by atoms with Crippen molar-refractivity contribution in [2.75, 3.05) is 13.7 Å². The molecule has 0 saturated heterocycles. The van der Waals surface area contributed by atoms with Crippen LogP contribution in [0.1, 0.15) is 11.1 Å². The Morgan fingerprint density at radius 3 is 2.83 bits per heavy atom. The van der Waals surface area contributed by atoms with Crippen LogP contribution in [0.4, 0.5) is 0 Å². The van der Waals surface area contributed by atoms with Crippen LogP contribution in [-0.4, -0.2) is 34.1 Å². The number of likely N-dealkylation sites (N-methyl/N-ethyl adjacent to an activating group) is 1. The van der Waals surface area contributed by atoms with E-state index in [0.717, 1.165) is 45.6 Å². The number of hydrogen-bond donors (Lipinski definition) is 1. The number of rotatable bonds is 7. The molecule has 0 aliphatic rings. The van der Waals surface area contributed by atoms with Gasteiger partial charge in [0, 0.05) is 30.4 Å². The van der Waals surface area contributed by atoms with E-state index in [0.29, 0.717) is 13.0 Å². The fraction of sp³-hybridized carbons (Fsp3) is 0.208. The molecule has 152 valence electrons. The number of amides is 1. The number of aryl methyl sites for hydroxylation is 1. The predicted octanol–water partition coefficient (Wildman–Crippen LogP) is 3.77. The third kappa shape index (κ3) is 4.33. The van der Waals surface area contributed by atoms with Gasteiger partial charge < -0.3 is 14.6 Å². The molecule has 0 bridgehead atoms. The summed E-state index contributed by atoms with van der Waals surface area (Å²) in [5, 5.41) is 3.72. The highest BCUT2D eigenvalue weighted by atomic mass is 16.5. The lowest BCUT2D eigenvalue weighted by molar-refractivity contribution is -0.119. The molecule has 0 aliphatic carbocycles. The van der Waals surface area contributed by atoms with Crippen molar-refractivity contribution in [1.29, 1.82) is 0 Å². The average molecular weight is 400 g/mol. The maximum Gasteiger partial charge on any atom is 0.224 e. The minimum Gasteiger partial charge on any atom is -0.491 e. The van der Waals surface area contributed by atoms with E-state index in [1.54, 1.807) is 19.6 Å². The maximum atomic E-state index is 11.7. The van der Waals surface area contributed by atoms with Gasteiger partial charge >= 0.3 is 0 Å². The van der Waals surface area contributed by atoms with Crippen molar-refractivity contribution in [3.8, 4) is 17.0 Å². The molecule has 2 aromatic heterocycles. The minimum atomic E-state index is -0.00153. The van der Waals surface area contributed by atoms with Crippen LogP contribution in [0, 0.1) is 6.92 Å². The van der Waals surface area contributed by atoms with Gasteiger partial charge in [0.2, 0.25) is 5.91 Å². The number of para-hydroxylation sites is 1. The molecule has 1 amide bonds. The third-order valence-electron chi connectivity index (χ3n) is 5.05. The maximum absolute atomic E-state index is 11.7. The van der Waals surface area contributed by atoms with Gasteiger partial charge in [-0.25, -0.2) is 9.97 Å². The van der Waals surface area contributed by atoms with Crippen LogP contribution in [-0.2, 0) is 17.8 Å². The van der Waals surface area contributed by atoms with Gasteiger partial charge in [-0.05, 0) is 48.4 Å². The lowest BCUT2D eigenvalue weighted by Gasteiger charge is -2.13. The van der Waals surface area contributed by atoms with Crippen molar-refractivity contribution in [3.63, 3.8) is 0 Å². The van der Waals surface area contributed by atoms with E-state index in [-0.39, 0.29) is 5.91 Å². The Morgan fingerprint density at radius 1 is 1.17 bits per heavy atom. The lowest BCUT2D eigenvalue weighted by atomic mass is 10.0. The summed E-state index contributed by atoms with van der Waals surface area (Å²) in [6.07, 6.45) is 5.82. The molecule has 0 radical (unpaired) electrons. The van der Waals surface area contributed by atoms with Gasteiger partial charge in [-0.15, -0.1) is 0 Å². The van der Waals surface area contributed by atoms with E-state index in [9.17, 15) is 4.79 Å². The second-order valence-electron chi connectivity index (χ2n) is 7.17. The first-order valence-corrected chi connectivity index (χ1v) is 9.93. The predicted molar refractivity (Wildman–Crippen MR) is 117 cm³/mol. The van der Waals surface area contributed by atoms with Gasteiger partial charge in [0.05, 0.1) is 30.5 Å². The smallest absolute Gasteiger partial charge is 0.224 e. The van der Waals surface area contributed by atoms with Crippen molar-refractivity contribution < 1.29 is 9.53 Å². The van der Waals surface area contributed by atoms with Crippen LogP contribution < -0.4 is 10.1 Å². The molecule has 0 spiro atoms. The molecular formula is C24H24N4O2. The molecule has 6 nitrogen and oxygen atoms in total. The van der Waals surface area contributed by atoms with Crippen LogP contribution in [0.25, 0.3) is 22.2 Å². The minimum absolute atomic E-state index is 0.00153. The van der Waals surface area contributed by atoms with Gasteiger partial charge in [-0.3, -0.25) is 4.79 Å². The number of carbonyl (C=O) groups excluding carboxylic acids is 1. The number of nitrogens with one attached hydrogen (secondary N) is 1. The molecule has 2 aromatic carbocycles. The summed E-state index contributed by atoms with van der Waals surface area (Å²) in [4.78, 5) is 20.6. The summed E-state index contributed by atoms with van der Waals surface area (Å²) in [5.41, 5.74) is 4.82. The number of aromatic nitrogens is 3. The molecule has 2 heterocycles. The Bertz CT molecular complexity index is 1170. The van der Waals surface area contributed by atoms with Gasteiger partial charge in [0.1, 0.15) is 12.4 Å². The fourth-order valence-electron chi connectivity index (χ4n) is 3.45. The number of nitrogens with zero attached hydrogens (tertiary/aromatic N) is 3. The normalized spacial score (nSPS) is 10.9. The van der Waals surface area contributed by atoms with Crippen LogP contribution in [0.2, 0.25) is 0 Å². The number of fused-ring (bicyclic) bond motifs is 1. The summed E-state index contributed by atoms with van der Waals surface area (Å²) < 4.78 is 8.04. The Labute approximate surface area is 175 Å². The summed E-state index contributed by atoms with van der Waals surface area (Å²) in [5.74, 6) is 0.804. The topological polar surface area (TPSA) is 69.0 Å². The molecule has 1 N–H and O–H groups in total. The van der Waals surface area contributed by atoms with Gasteiger partial charge in [0.25, 0.3) is 0 Å². The number of carbonyl (C=O) groups is 1. The van der Waals surface area contributed by atoms with Crippen molar-refractivity contribution >= 4 is 16.8 Å². The van der Waals surface area contributed by atoms with E-state index in [2.05, 4.69) is 23.3 Å². The molecular weight excluding hydrogens is 376 g/mol. The molecule has 0 fully saturated rings. The molecule has 0 unspecified atom stereocenters. The molecule has 0 atom stereocenters. The van der Waals surface area contributed by atoms with E-state index >= 15 is 0 Å². The van der Waals surface area contributed by atoms with E-state index < -0.39 is 0 Å². The first-order chi connectivity index (χ1) is 14.6. The summed E-state index contributed by atoms with van der Waals surface area (Å²) in [6.45, 7) is 3.34. The molecule has 0 aliphatic heterocycles. The van der Waals surface area contributed by atoms with Crippen molar-refractivity contribution in [2.45, 2.75) is 19.9 Å². The standard InChI is InChI=1S/C24H24N4O2/c1-17-13-22(27-21-8-7-18(14-20(17)21)15-24(29)25-2)19-5-3-4-6-23(19)30-12-11-28-10-9-26-16-28/h3-10,13-14,16H,11-12,15H2,1-2H3,(H,25,29). The van der Waals surface area contributed by atoms with Crippen molar-refractivity contribution in [2.24, 2.45) is 0 Å². The van der Waals surface area contributed by atoms with Crippen LogP contribution in [0.15, 0.2) is 67.3 Å². The first kappa shape index (κ1) is 19.6. The molecule has 4 rings (SSSR count). The lowest BCUT2D eigenvalue weighted by Crippen LogP contribution is -2.19. The first-order valence-electron chi connectivity index (χ1n) is 9.93. The molecule has 0 saturated carbocycles. The average Bonchev–Trinajstić information content (AvgIpc) is 3.28. The highest BCUT2D eigenvalue weighted by molar-refractivity contribution is 5.87. The zero-order valence-electron chi connectivity index (χ0n) is 17.1. The summed E-state index contributed by atoms with van der Waals surface area (Å²) >= 11 is 0. The number of ether oxygens (including phenoxy) is 1. The Kier molecular flexibility index (Phi) is 5.75. The third-order valence-corrected chi connectivity index (χ3v) is 5.05. The summed E-state index contributed by atoms with van der Waals surface area (Å²) in [6, 6.07) is 16.0. The van der Waals surface area contributed by atoms with Crippen molar-refractivity contribution in [1.82, 2.24) is 19.9 Å². The number of hydrogen-bond acceptors (Lipinski definition) is 4. The SMILES string of the molecule is CNC(=O)Cc1ccc2nc(-c3ccccc3OCCn3ccnc3)cc(C)c2c1. The second kappa shape index (κ2) is 8.78. The van der Waals surface area contributed by atoms with Crippen LogP contribution >= 0.6 is 0 Å². The monoisotopic (exact) mass is 400 g/mol. The number of pyridine rings is 1.